The van der Waals surface area contributed by atoms with Gasteiger partial charge in [-0.25, -0.2) is 14.8 Å². The van der Waals surface area contributed by atoms with Gasteiger partial charge >= 0.3 is 5.97 Å². The summed E-state index contributed by atoms with van der Waals surface area (Å²) in [6.45, 7) is 0.380. The van der Waals surface area contributed by atoms with Gasteiger partial charge in [-0.15, -0.1) is 23.1 Å². The van der Waals surface area contributed by atoms with E-state index < -0.39 is 29.2 Å². The lowest BCUT2D eigenvalue weighted by Crippen LogP contribution is -2.71. The van der Waals surface area contributed by atoms with Crippen molar-refractivity contribution in [1.82, 2.24) is 25.2 Å². The van der Waals surface area contributed by atoms with Crippen LogP contribution in [0.2, 0.25) is 0 Å². The van der Waals surface area contributed by atoms with Gasteiger partial charge in [-0.2, -0.15) is 0 Å². The molecule has 0 unspecified atom stereocenters. The lowest BCUT2D eigenvalue weighted by molar-refractivity contribution is -0.150. The zero-order valence-electron chi connectivity index (χ0n) is 22.1. The van der Waals surface area contributed by atoms with Crippen molar-refractivity contribution in [2.24, 2.45) is 5.16 Å². The van der Waals surface area contributed by atoms with Gasteiger partial charge in [0.1, 0.15) is 28.9 Å². The van der Waals surface area contributed by atoms with Gasteiger partial charge in [0.25, 0.3) is 17.7 Å². The highest BCUT2D eigenvalue weighted by atomic mass is 32.2. The van der Waals surface area contributed by atoms with E-state index in [0.717, 1.165) is 41.9 Å². The molecule has 2 aromatic rings. The molecule has 4 N–H and O–H groups in total. The van der Waals surface area contributed by atoms with E-state index in [-0.39, 0.29) is 40.0 Å². The molecule has 0 aromatic carbocycles. The van der Waals surface area contributed by atoms with Gasteiger partial charge in [-0.05, 0) is 43.8 Å². The first-order valence-electron chi connectivity index (χ1n) is 13.3. The van der Waals surface area contributed by atoms with Crippen LogP contribution in [0.1, 0.15) is 37.8 Å². The standard InChI is InChI=1S/C26H26N8O6S2/c27-26-30-16(12-42-26)18(32-40-15-3-1-2-4-15)21(35)31-19-23(37)34-20(25(38)39)14(11-41-24(19)34)9-13-5-8-33(22(13)36)17-10-28-6-7-29-17/h6-7,9-10,12,15,19,24H,1-5,8,11H2,(H2,27,30)(H,31,35)(H,38,39)/b13-9?,32-18-/t19-,24-/m1/s1. The number of oxime groups is 1. The summed E-state index contributed by atoms with van der Waals surface area (Å²) in [5.74, 6) is -2.22. The number of thioether (sulfide) groups is 1. The van der Waals surface area contributed by atoms with E-state index in [2.05, 4.69) is 25.4 Å². The first-order chi connectivity index (χ1) is 20.3. The summed E-state index contributed by atoms with van der Waals surface area (Å²) in [6.07, 6.45) is 10.0. The molecule has 42 heavy (non-hydrogen) atoms. The number of nitrogens with one attached hydrogen (secondary N) is 1. The van der Waals surface area contributed by atoms with Gasteiger partial charge in [0.05, 0.1) is 6.20 Å². The second-order valence-electron chi connectivity index (χ2n) is 10.0. The highest BCUT2D eigenvalue weighted by molar-refractivity contribution is 8.00. The molecule has 2 saturated heterocycles. The monoisotopic (exact) mass is 610 g/mol. The number of β-lactam (4-membered cyclic amide) rings is 1. The Bertz CT molecular complexity index is 1530. The number of rotatable bonds is 8. The number of aromatic nitrogens is 3. The average molecular weight is 611 g/mol. The average Bonchev–Trinajstić information content (AvgIpc) is 3.74. The highest BCUT2D eigenvalue weighted by Crippen LogP contribution is 2.41. The van der Waals surface area contributed by atoms with Crippen molar-refractivity contribution in [3.8, 4) is 0 Å². The quantitative estimate of drug-likeness (QED) is 0.169. The third kappa shape index (κ3) is 5.22. The zero-order chi connectivity index (χ0) is 29.4. The van der Waals surface area contributed by atoms with Crippen molar-refractivity contribution in [1.29, 1.82) is 0 Å². The number of anilines is 2. The smallest absolute Gasteiger partial charge is 0.352 e. The van der Waals surface area contributed by atoms with Crippen LogP contribution in [-0.2, 0) is 24.0 Å². The van der Waals surface area contributed by atoms with Crippen LogP contribution in [0, 0.1) is 0 Å². The number of thiazole rings is 1. The van der Waals surface area contributed by atoms with E-state index in [1.54, 1.807) is 11.5 Å². The number of carbonyl (C=O) groups excluding carboxylic acids is 3. The van der Waals surface area contributed by atoms with Gasteiger partial charge in [0.15, 0.2) is 16.7 Å². The van der Waals surface area contributed by atoms with Crippen molar-refractivity contribution in [2.75, 3.05) is 22.9 Å². The zero-order valence-corrected chi connectivity index (χ0v) is 23.8. The molecule has 1 aliphatic carbocycles. The summed E-state index contributed by atoms with van der Waals surface area (Å²) < 4.78 is 0. The Hall–Kier alpha value is -4.31. The number of fused-ring (bicyclic) bond motifs is 1. The molecule has 0 bridgehead atoms. The fourth-order valence-electron chi connectivity index (χ4n) is 5.29. The lowest BCUT2D eigenvalue weighted by Gasteiger charge is -2.49. The van der Waals surface area contributed by atoms with E-state index in [0.29, 0.717) is 29.9 Å². The van der Waals surface area contributed by atoms with Gasteiger partial charge in [0, 0.05) is 35.6 Å². The molecule has 16 heteroatoms. The molecule has 2 atom stereocenters. The first kappa shape index (κ1) is 27.8. The van der Waals surface area contributed by atoms with E-state index in [1.807, 2.05) is 0 Å². The Balaban J connectivity index is 1.20. The maximum Gasteiger partial charge on any atom is 0.352 e. The van der Waals surface area contributed by atoms with Crippen LogP contribution in [0.25, 0.3) is 0 Å². The maximum absolute atomic E-state index is 13.3. The third-order valence-electron chi connectivity index (χ3n) is 7.36. The number of nitrogen functional groups attached to an aromatic ring is 1. The molecule has 5 heterocycles. The molecule has 218 valence electrons. The first-order valence-corrected chi connectivity index (χ1v) is 15.2. The molecule has 14 nitrogen and oxygen atoms in total. The molecule has 0 spiro atoms. The molecule has 3 aliphatic heterocycles. The van der Waals surface area contributed by atoms with Crippen molar-refractivity contribution in [2.45, 2.75) is 49.6 Å². The van der Waals surface area contributed by atoms with Crippen LogP contribution in [-0.4, -0.2) is 84.2 Å². The molecule has 2 aromatic heterocycles. The van der Waals surface area contributed by atoms with Crippen LogP contribution in [0.15, 0.2) is 52.0 Å². The van der Waals surface area contributed by atoms with Gasteiger partial charge in [-0.1, -0.05) is 5.16 Å². The predicted octanol–water partition coefficient (Wildman–Crippen LogP) is 1.28. The van der Waals surface area contributed by atoms with Crippen molar-refractivity contribution < 1.29 is 29.1 Å². The molecule has 4 aliphatic rings. The summed E-state index contributed by atoms with van der Waals surface area (Å²) in [4.78, 5) is 72.5. The number of nitrogens with zero attached hydrogens (tertiary/aromatic N) is 6. The Kier molecular flexibility index (Phi) is 7.64. The third-order valence-corrected chi connectivity index (χ3v) is 9.34. The molecular formula is C26H26N8O6S2. The molecular weight excluding hydrogens is 584 g/mol. The van der Waals surface area contributed by atoms with E-state index in [1.165, 1.54) is 35.3 Å². The number of hydrogen-bond acceptors (Lipinski definition) is 12. The number of aliphatic carboxylic acids is 1. The van der Waals surface area contributed by atoms with Crippen molar-refractivity contribution in [3.63, 3.8) is 0 Å². The van der Waals surface area contributed by atoms with Crippen molar-refractivity contribution >= 4 is 63.5 Å². The number of carbonyl (C=O) groups is 4. The second-order valence-corrected chi connectivity index (χ2v) is 12.0. The molecule has 6 rings (SSSR count). The maximum atomic E-state index is 13.3. The Morgan fingerprint density at radius 2 is 2.05 bits per heavy atom. The number of carboxylic acids is 1. The molecule has 0 radical (unpaired) electrons. The van der Waals surface area contributed by atoms with Gasteiger partial charge < -0.3 is 21.0 Å². The van der Waals surface area contributed by atoms with E-state index in [9.17, 15) is 24.3 Å². The summed E-state index contributed by atoms with van der Waals surface area (Å²) in [7, 11) is 0. The minimum absolute atomic E-state index is 0.103. The summed E-state index contributed by atoms with van der Waals surface area (Å²) in [5, 5.41) is 18.0. The minimum atomic E-state index is -1.30. The number of carboxylic acid groups (broad SMARTS) is 1. The largest absolute Gasteiger partial charge is 0.477 e. The Labute approximate surface area is 247 Å². The summed E-state index contributed by atoms with van der Waals surface area (Å²) >= 11 is 2.44. The number of hydrogen-bond donors (Lipinski definition) is 3. The normalized spacial score (nSPS) is 23.8. The van der Waals surface area contributed by atoms with Crippen LogP contribution < -0.4 is 16.0 Å². The molecule has 1 saturated carbocycles. The number of nitrogens with two attached hydrogens (primary N) is 1. The number of allylic oxidation sites excluding steroid dienone is 1. The second kappa shape index (κ2) is 11.5. The highest BCUT2D eigenvalue weighted by Gasteiger charge is 2.54. The van der Waals surface area contributed by atoms with Crippen LogP contribution >= 0.6 is 23.1 Å². The molecule has 3 fully saturated rings. The fourth-order valence-corrected chi connectivity index (χ4v) is 7.15. The van der Waals surface area contributed by atoms with Crippen LogP contribution in [0.4, 0.5) is 10.9 Å². The Morgan fingerprint density at radius 3 is 2.74 bits per heavy atom. The molecule has 3 amide bonds. The lowest BCUT2D eigenvalue weighted by atomic mass is 10.0. The summed E-state index contributed by atoms with van der Waals surface area (Å²) in [6, 6.07) is -0.987. The topological polar surface area (TPSA) is 193 Å². The van der Waals surface area contributed by atoms with Crippen molar-refractivity contribution in [3.05, 3.63) is 52.6 Å². The number of amides is 3. The van der Waals surface area contributed by atoms with Crippen LogP contribution in [0.5, 0.6) is 0 Å². The summed E-state index contributed by atoms with van der Waals surface area (Å²) in [5.41, 5.74) is 6.44. The predicted molar refractivity (Wildman–Crippen MR) is 153 cm³/mol. The Morgan fingerprint density at radius 1 is 1.24 bits per heavy atom. The van der Waals surface area contributed by atoms with E-state index in [4.69, 9.17) is 10.6 Å². The van der Waals surface area contributed by atoms with Gasteiger partial charge in [-0.3, -0.25) is 29.2 Å². The SMILES string of the molecule is Nc1nc(/C(=N/OC2CCCC2)C(=O)N[C@@H]2C(=O)N3C(C(=O)O)=C(C=C4CCN(c5cnccn5)C4=O)CS[C@H]23)cs1. The van der Waals surface area contributed by atoms with Crippen LogP contribution in [0.3, 0.4) is 0 Å². The fraction of sp³-hybridized carbons (Fsp3) is 0.385. The van der Waals surface area contributed by atoms with E-state index >= 15 is 0 Å². The van der Waals surface area contributed by atoms with Gasteiger partial charge in [0.2, 0.25) is 0 Å². The minimum Gasteiger partial charge on any atom is -0.477 e.